The highest BCUT2D eigenvalue weighted by atomic mass is 19.1. The average molecular weight is 250 g/mol. The standard InChI is InChI=1S/C15H23FN2/c1-2-15(17,10-12-6-4-3-5-7-12)14-9-8-13(16)11-18-14/h8-9,11-12H,2-7,10,17H2,1H3. The van der Waals surface area contributed by atoms with Crippen molar-refractivity contribution in [3.63, 3.8) is 0 Å². The van der Waals surface area contributed by atoms with Crippen LogP contribution in [-0.2, 0) is 5.54 Å². The first kappa shape index (κ1) is 13.5. The molecule has 0 spiro atoms. The number of nitrogens with zero attached hydrogens (tertiary/aromatic N) is 1. The highest BCUT2D eigenvalue weighted by molar-refractivity contribution is 5.16. The third kappa shape index (κ3) is 3.08. The number of aromatic nitrogens is 1. The zero-order chi connectivity index (χ0) is 13.0. The van der Waals surface area contributed by atoms with E-state index < -0.39 is 5.54 Å². The Morgan fingerprint density at radius 3 is 2.61 bits per heavy atom. The lowest BCUT2D eigenvalue weighted by atomic mass is 9.77. The summed E-state index contributed by atoms with van der Waals surface area (Å²) in [4.78, 5) is 4.19. The Labute approximate surface area is 109 Å². The van der Waals surface area contributed by atoms with Gasteiger partial charge in [-0.3, -0.25) is 4.98 Å². The van der Waals surface area contributed by atoms with Crippen molar-refractivity contribution in [2.45, 2.75) is 57.4 Å². The van der Waals surface area contributed by atoms with Crippen LogP contribution >= 0.6 is 0 Å². The highest BCUT2D eigenvalue weighted by Gasteiger charge is 2.30. The zero-order valence-electron chi connectivity index (χ0n) is 11.2. The van der Waals surface area contributed by atoms with Gasteiger partial charge in [0.1, 0.15) is 5.82 Å². The van der Waals surface area contributed by atoms with Crippen molar-refractivity contribution >= 4 is 0 Å². The third-order valence-electron chi connectivity index (χ3n) is 4.25. The van der Waals surface area contributed by atoms with E-state index in [2.05, 4.69) is 11.9 Å². The molecule has 1 saturated carbocycles. The summed E-state index contributed by atoms with van der Waals surface area (Å²) in [5.74, 6) is 0.408. The Morgan fingerprint density at radius 1 is 1.33 bits per heavy atom. The van der Waals surface area contributed by atoms with Gasteiger partial charge in [-0.2, -0.15) is 0 Å². The summed E-state index contributed by atoms with van der Waals surface area (Å²) in [7, 11) is 0. The second-order valence-electron chi connectivity index (χ2n) is 5.58. The van der Waals surface area contributed by atoms with Gasteiger partial charge < -0.3 is 5.73 Å². The van der Waals surface area contributed by atoms with Gasteiger partial charge >= 0.3 is 0 Å². The number of hydrogen-bond donors (Lipinski definition) is 1. The van der Waals surface area contributed by atoms with Gasteiger partial charge in [0, 0.05) is 0 Å². The van der Waals surface area contributed by atoms with Gasteiger partial charge in [0.15, 0.2) is 0 Å². The molecule has 1 heterocycles. The molecule has 0 radical (unpaired) electrons. The minimum atomic E-state index is -0.393. The SMILES string of the molecule is CCC(N)(CC1CCCCC1)c1ccc(F)cn1. The first-order valence-corrected chi connectivity index (χ1v) is 7.05. The first-order valence-electron chi connectivity index (χ1n) is 7.05. The molecule has 0 saturated heterocycles. The lowest BCUT2D eigenvalue weighted by Crippen LogP contribution is -2.39. The summed E-state index contributed by atoms with van der Waals surface area (Å²) in [6.45, 7) is 2.09. The average Bonchev–Trinajstić information content (AvgIpc) is 2.40. The number of pyridine rings is 1. The molecule has 1 aromatic heterocycles. The fourth-order valence-corrected chi connectivity index (χ4v) is 3.01. The lowest BCUT2D eigenvalue weighted by molar-refractivity contribution is 0.249. The van der Waals surface area contributed by atoms with E-state index in [-0.39, 0.29) is 5.82 Å². The first-order chi connectivity index (χ1) is 8.64. The molecule has 2 N–H and O–H groups in total. The van der Waals surface area contributed by atoms with E-state index in [1.165, 1.54) is 44.4 Å². The maximum absolute atomic E-state index is 12.9. The Balaban J connectivity index is 2.10. The lowest BCUT2D eigenvalue weighted by Gasteiger charge is -2.33. The molecule has 2 nitrogen and oxygen atoms in total. The summed E-state index contributed by atoms with van der Waals surface area (Å²) >= 11 is 0. The van der Waals surface area contributed by atoms with Crippen molar-refractivity contribution in [3.8, 4) is 0 Å². The summed E-state index contributed by atoms with van der Waals surface area (Å²) in [6, 6.07) is 3.20. The number of rotatable bonds is 4. The normalized spacial score (nSPS) is 20.6. The molecule has 1 atom stereocenters. The van der Waals surface area contributed by atoms with Gasteiger partial charge in [-0.05, 0) is 30.9 Å². The number of halogens is 1. The molecule has 100 valence electrons. The monoisotopic (exact) mass is 250 g/mol. The topological polar surface area (TPSA) is 38.9 Å². The smallest absolute Gasteiger partial charge is 0.141 e. The second kappa shape index (κ2) is 5.79. The van der Waals surface area contributed by atoms with Gasteiger partial charge in [-0.1, -0.05) is 39.0 Å². The minimum absolute atomic E-state index is 0.296. The van der Waals surface area contributed by atoms with Crippen molar-refractivity contribution in [3.05, 3.63) is 29.8 Å². The van der Waals surface area contributed by atoms with Crippen LogP contribution in [0, 0.1) is 11.7 Å². The Kier molecular flexibility index (Phi) is 4.33. The Hall–Kier alpha value is -0.960. The molecule has 0 bridgehead atoms. The van der Waals surface area contributed by atoms with Crippen molar-refractivity contribution in [2.75, 3.05) is 0 Å². The third-order valence-corrected chi connectivity index (χ3v) is 4.25. The maximum atomic E-state index is 12.9. The fraction of sp³-hybridized carbons (Fsp3) is 0.667. The van der Waals surface area contributed by atoms with Gasteiger partial charge in [-0.25, -0.2) is 4.39 Å². The molecule has 1 aliphatic carbocycles. The summed E-state index contributed by atoms with van der Waals surface area (Å²) in [5.41, 5.74) is 6.95. The Morgan fingerprint density at radius 2 is 2.06 bits per heavy atom. The minimum Gasteiger partial charge on any atom is -0.320 e. The molecule has 2 rings (SSSR count). The molecule has 1 aliphatic rings. The highest BCUT2D eigenvalue weighted by Crippen LogP contribution is 2.35. The van der Waals surface area contributed by atoms with Crippen LogP contribution in [0.2, 0.25) is 0 Å². The van der Waals surface area contributed by atoms with Gasteiger partial charge in [-0.15, -0.1) is 0 Å². The van der Waals surface area contributed by atoms with Crippen LogP contribution in [0.5, 0.6) is 0 Å². The molecule has 0 aromatic carbocycles. The quantitative estimate of drug-likeness (QED) is 0.883. The fourth-order valence-electron chi connectivity index (χ4n) is 3.01. The Bertz CT molecular complexity index is 371. The van der Waals surface area contributed by atoms with E-state index in [0.29, 0.717) is 5.92 Å². The summed E-state index contributed by atoms with van der Waals surface area (Å²) < 4.78 is 12.9. The second-order valence-corrected chi connectivity index (χ2v) is 5.58. The van der Waals surface area contributed by atoms with Crippen LogP contribution < -0.4 is 5.73 Å². The summed E-state index contributed by atoms with van der Waals surface area (Å²) in [5, 5.41) is 0. The predicted molar refractivity (Wildman–Crippen MR) is 71.5 cm³/mol. The molecule has 3 heteroatoms. The molecule has 1 fully saturated rings. The van der Waals surface area contributed by atoms with Crippen LogP contribution in [0.15, 0.2) is 18.3 Å². The summed E-state index contributed by atoms with van der Waals surface area (Å²) in [6.07, 6.45) is 9.65. The van der Waals surface area contributed by atoms with Gasteiger partial charge in [0.2, 0.25) is 0 Å². The van der Waals surface area contributed by atoms with Crippen molar-refractivity contribution in [1.82, 2.24) is 4.98 Å². The molecule has 0 amide bonds. The van der Waals surface area contributed by atoms with E-state index in [0.717, 1.165) is 18.5 Å². The maximum Gasteiger partial charge on any atom is 0.141 e. The molecule has 18 heavy (non-hydrogen) atoms. The van der Waals surface area contributed by atoms with Crippen LogP contribution in [0.3, 0.4) is 0 Å². The molecule has 0 aliphatic heterocycles. The predicted octanol–water partition coefficient (Wildman–Crippen LogP) is 3.76. The molecule has 1 aromatic rings. The van der Waals surface area contributed by atoms with E-state index >= 15 is 0 Å². The largest absolute Gasteiger partial charge is 0.320 e. The molecular weight excluding hydrogens is 227 g/mol. The van der Waals surface area contributed by atoms with E-state index in [1.54, 1.807) is 6.07 Å². The van der Waals surface area contributed by atoms with Gasteiger partial charge in [0.25, 0.3) is 0 Å². The van der Waals surface area contributed by atoms with Crippen LogP contribution in [0.4, 0.5) is 4.39 Å². The molecular formula is C15H23FN2. The molecule has 1 unspecified atom stereocenters. The van der Waals surface area contributed by atoms with E-state index in [9.17, 15) is 4.39 Å². The number of hydrogen-bond acceptors (Lipinski definition) is 2. The van der Waals surface area contributed by atoms with Crippen LogP contribution in [0.25, 0.3) is 0 Å². The van der Waals surface area contributed by atoms with Crippen molar-refractivity contribution < 1.29 is 4.39 Å². The number of nitrogens with two attached hydrogens (primary N) is 1. The van der Waals surface area contributed by atoms with E-state index in [1.807, 2.05) is 0 Å². The zero-order valence-corrected chi connectivity index (χ0v) is 11.2. The van der Waals surface area contributed by atoms with Crippen LogP contribution in [0.1, 0.15) is 57.6 Å². The van der Waals surface area contributed by atoms with Crippen LogP contribution in [-0.4, -0.2) is 4.98 Å². The van der Waals surface area contributed by atoms with Crippen molar-refractivity contribution in [1.29, 1.82) is 0 Å². The van der Waals surface area contributed by atoms with Crippen molar-refractivity contribution in [2.24, 2.45) is 11.7 Å². The van der Waals surface area contributed by atoms with E-state index in [4.69, 9.17) is 5.73 Å². The van der Waals surface area contributed by atoms with Gasteiger partial charge in [0.05, 0.1) is 17.4 Å².